The van der Waals surface area contributed by atoms with E-state index < -0.39 is 37.1 Å². The second kappa shape index (κ2) is 11.0. The van der Waals surface area contributed by atoms with Crippen LogP contribution in [0.5, 0.6) is 0 Å². The van der Waals surface area contributed by atoms with Crippen LogP contribution in [0.2, 0.25) is 0 Å². The standard InChI is InChI=1S/C25H28N6O6S2/c1-16-14-26-25(28-21-8-10-22(11-9-21)38(34,35)30-17(2)32)29-24(16)27-20-6-4-19(5-7-20)15-31(18(3)33)39(36,37)23-12-13-23/h4-11,14,23H,12-13,15H2,1-3H3,(H,30,32)(H2,26,27,28,29). The van der Waals surface area contributed by atoms with Crippen LogP contribution in [0, 0.1) is 6.92 Å². The molecule has 1 aliphatic carbocycles. The first-order valence-electron chi connectivity index (χ1n) is 12.0. The molecule has 12 nitrogen and oxygen atoms in total. The van der Waals surface area contributed by atoms with Gasteiger partial charge in [0.1, 0.15) is 5.82 Å². The summed E-state index contributed by atoms with van der Waals surface area (Å²) < 4.78 is 52.2. The number of aromatic nitrogens is 2. The van der Waals surface area contributed by atoms with Crippen LogP contribution in [-0.4, -0.2) is 48.2 Å². The van der Waals surface area contributed by atoms with Crippen molar-refractivity contribution in [2.24, 2.45) is 0 Å². The Morgan fingerprint density at radius 2 is 1.51 bits per heavy atom. The van der Waals surface area contributed by atoms with E-state index in [-0.39, 0.29) is 17.4 Å². The number of rotatable bonds is 10. The van der Waals surface area contributed by atoms with Crippen molar-refractivity contribution >= 4 is 55.0 Å². The third-order valence-electron chi connectivity index (χ3n) is 5.82. The molecule has 0 atom stereocenters. The van der Waals surface area contributed by atoms with Gasteiger partial charge >= 0.3 is 0 Å². The maximum atomic E-state index is 12.6. The molecular weight excluding hydrogens is 544 g/mol. The topological polar surface area (TPSA) is 168 Å². The van der Waals surface area contributed by atoms with Crippen LogP contribution in [0.3, 0.4) is 0 Å². The lowest BCUT2D eigenvalue weighted by atomic mass is 10.2. The lowest BCUT2D eigenvalue weighted by Crippen LogP contribution is -2.36. The number of carbonyl (C=O) groups excluding carboxylic acids is 2. The van der Waals surface area contributed by atoms with Gasteiger partial charge in [-0.2, -0.15) is 4.98 Å². The molecule has 1 saturated carbocycles. The Morgan fingerprint density at radius 3 is 2.08 bits per heavy atom. The van der Waals surface area contributed by atoms with Gasteiger partial charge in [0.25, 0.3) is 10.0 Å². The van der Waals surface area contributed by atoms with E-state index >= 15 is 0 Å². The van der Waals surface area contributed by atoms with E-state index in [2.05, 4.69) is 20.6 Å². The van der Waals surface area contributed by atoms with Crippen molar-refractivity contribution in [3.8, 4) is 0 Å². The van der Waals surface area contributed by atoms with Gasteiger partial charge in [0, 0.05) is 37.0 Å². The molecule has 1 fully saturated rings. The van der Waals surface area contributed by atoms with Crippen LogP contribution in [-0.2, 0) is 36.2 Å². The predicted octanol–water partition coefficient (Wildman–Crippen LogP) is 2.94. The summed E-state index contributed by atoms with van der Waals surface area (Å²) in [6, 6.07) is 12.8. The highest BCUT2D eigenvalue weighted by atomic mass is 32.2. The zero-order chi connectivity index (χ0) is 28.4. The third kappa shape index (κ3) is 6.89. The summed E-state index contributed by atoms with van der Waals surface area (Å²) in [4.78, 5) is 31.8. The van der Waals surface area contributed by atoms with Gasteiger partial charge in [0.2, 0.25) is 27.8 Å². The van der Waals surface area contributed by atoms with Crippen molar-refractivity contribution in [2.75, 3.05) is 10.6 Å². The first kappa shape index (κ1) is 28.0. The number of nitrogens with zero attached hydrogens (tertiary/aromatic N) is 3. The number of amides is 2. The lowest BCUT2D eigenvalue weighted by Gasteiger charge is -2.21. The van der Waals surface area contributed by atoms with E-state index in [1.165, 1.54) is 31.2 Å². The second-order valence-electron chi connectivity index (χ2n) is 9.13. The molecule has 2 aromatic carbocycles. The maximum absolute atomic E-state index is 12.6. The molecule has 4 rings (SSSR count). The summed E-state index contributed by atoms with van der Waals surface area (Å²) >= 11 is 0. The van der Waals surface area contributed by atoms with E-state index in [1.54, 1.807) is 30.5 Å². The number of benzene rings is 2. The van der Waals surface area contributed by atoms with E-state index in [9.17, 15) is 26.4 Å². The monoisotopic (exact) mass is 572 g/mol. The van der Waals surface area contributed by atoms with Crippen LogP contribution in [0.4, 0.5) is 23.1 Å². The highest BCUT2D eigenvalue weighted by molar-refractivity contribution is 7.90. The van der Waals surface area contributed by atoms with E-state index in [4.69, 9.17) is 0 Å². The quantitative estimate of drug-likeness (QED) is 0.328. The number of anilines is 4. The van der Waals surface area contributed by atoms with E-state index in [0.717, 1.165) is 16.8 Å². The zero-order valence-corrected chi connectivity index (χ0v) is 23.1. The van der Waals surface area contributed by atoms with Crippen LogP contribution in [0.25, 0.3) is 0 Å². The average molecular weight is 573 g/mol. The van der Waals surface area contributed by atoms with Gasteiger partial charge in [0.05, 0.1) is 16.7 Å². The zero-order valence-electron chi connectivity index (χ0n) is 21.5. The number of sulfonamides is 2. The van der Waals surface area contributed by atoms with Crippen molar-refractivity contribution in [3.05, 3.63) is 65.9 Å². The molecular formula is C25H28N6O6S2. The Balaban J connectivity index is 1.44. The molecule has 0 spiro atoms. The van der Waals surface area contributed by atoms with Crippen LogP contribution >= 0.6 is 0 Å². The molecule has 0 unspecified atom stereocenters. The fourth-order valence-electron chi connectivity index (χ4n) is 3.65. The molecule has 0 aliphatic heterocycles. The number of hydrogen-bond donors (Lipinski definition) is 3. The average Bonchev–Trinajstić information content (AvgIpc) is 3.71. The van der Waals surface area contributed by atoms with Gasteiger partial charge in [-0.15, -0.1) is 0 Å². The minimum absolute atomic E-state index is 0.0278. The first-order valence-corrected chi connectivity index (χ1v) is 15.0. The number of nitrogens with one attached hydrogen (secondary N) is 3. The van der Waals surface area contributed by atoms with Gasteiger partial charge in [-0.1, -0.05) is 12.1 Å². The van der Waals surface area contributed by atoms with Crippen LogP contribution in [0.1, 0.15) is 37.8 Å². The Morgan fingerprint density at radius 1 is 0.923 bits per heavy atom. The van der Waals surface area contributed by atoms with Crippen molar-refractivity contribution < 1.29 is 26.4 Å². The molecule has 3 aromatic rings. The first-order chi connectivity index (χ1) is 18.3. The number of carbonyl (C=O) groups is 2. The molecule has 0 radical (unpaired) electrons. The second-order valence-corrected chi connectivity index (χ2v) is 12.9. The Labute approximate surface area is 227 Å². The van der Waals surface area contributed by atoms with Gasteiger partial charge in [-0.25, -0.2) is 30.8 Å². The Kier molecular flexibility index (Phi) is 7.88. The molecule has 1 aliphatic rings. The normalized spacial score (nSPS) is 13.4. The van der Waals surface area contributed by atoms with Gasteiger partial charge in [-0.3, -0.25) is 9.59 Å². The molecule has 39 heavy (non-hydrogen) atoms. The van der Waals surface area contributed by atoms with Crippen molar-refractivity contribution in [2.45, 2.75) is 50.3 Å². The van der Waals surface area contributed by atoms with E-state index in [0.29, 0.717) is 35.6 Å². The van der Waals surface area contributed by atoms with Gasteiger partial charge < -0.3 is 10.6 Å². The van der Waals surface area contributed by atoms with Crippen molar-refractivity contribution in [1.82, 2.24) is 19.0 Å². The molecule has 2 amide bonds. The summed E-state index contributed by atoms with van der Waals surface area (Å²) in [6.45, 7) is 4.17. The highest BCUT2D eigenvalue weighted by Crippen LogP contribution is 2.32. The van der Waals surface area contributed by atoms with E-state index in [1.807, 2.05) is 11.6 Å². The molecule has 3 N–H and O–H groups in total. The molecule has 14 heteroatoms. The summed E-state index contributed by atoms with van der Waals surface area (Å²) in [5.41, 5.74) is 2.66. The summed E-state index contributed by atoms with van der Waals surface area (Å²) in [7, 11) is -7.57. The summed E-state index contributed by atoms with van der Waals surface area (Å²) in [6.07, 6.45) is 2.78. The molecule has 206 valence electrons. The largest absolute Gasteiger partial charge is 0.340 e. The number of hydrogen-bond acceptors (Lipinski definition) is 10. The Bertz CT molecular complexity index is 1600. The minimum Gasteiger partial charge on any atom is -0.340 e. The summed E-state index contributed by atoms with van der Waals surface area (Å²) in [5.74, 6) is -0.407. The third-order valence-corrected chi connectivity index (χ3v) is 9.58. The minimum atomic E-state index is -3.94. The van der Waals surface area contributed by atoms with Crippen LogP contribution in [0.15, 0.2) is 59.6 Å². The smallest absolute Gasteiger partial charge is 0.264 e. The lowest BCUT2D eigenvalue weighted by molar-refractivity contribution is -0.124. The SMILES string of the molecule is CC(=O)NS(=O)(=O)c1ccc(Nc2ncc(C)c(Nc3ccc(CN(C(C)=O)S(=O)(=O)C4CC4)cc3)n2)cc1. The fraction of sp³-hybridized carbons (Fsp3) is 0.280. The van der Waals surface area contributed by atoms with Crippen LogP contribution < -0.4 is 15.4 Å². The molecule has 0 saturated heterocycles. The predicted molar refractivity (Wildman–Crippen MR) is 145 cm³/mol. The summed E-state index contributed by atoms with van der Waals surface area (Å²) in [5, 5.41) is 5.73. The molecule has 1 heterocycles. The number of aryl methyl sites for hydroxylation is 1. The Hall–Kier alpha value is -4.04. The van der Waals surface area contributed by atoms with Crippen molar-refractivity contribution in [3.63, 3.8) is 0 Å². The highest BCUT2D eigenvalue weighted by Gasteiger charge is 2.41. The van der Waals surface area contributed by atoms with Crippen molar-refractivity contribution in [1.29, 1.82) is 0 Å². The molecule has 1 aromatic heterocycles. The molecule has 0 bridgehead atoms. The maximum Gasteiger partial charge on any atom is 0.264 e. The van der Waals surface area contributed by atoms with Gasteiger partial charge in [-0.05, 0) is 61.7 Å². The fourth-order valence-corrected chi connectivity index (χ4v) is 6.42. The van der Waals surface area contributed by atoms with Gasteiger partial charge in [0.15, 0.2) is 0 Å².